The van der Waals surface area contributed by atoms with Gasteiger partial charge >= 0.3 is 0 Å². The maximum Gasteiger partial charge on any atom is 0.271 e. The first-order valence-electron chi connectivity index (χ1n) is 7.61. The van der Waals surface area contributed by atoms with E-state index in [0.717, 1.165) is 5.01 Å². The number of rotatable bonds is 3. The molecule has 1 aromatic carbocycles. The Morgan fingerprint density at radius 3 is 2.76 bits per heavy atom. The van der Waals surface area contributed by atoms with Crippen LogP contribution in [0.5, 0.6) is 0 Å². The zero-order valence-corrected chi connectivity index (χ0v) is 15.4. The number of carbonyl (C=O) groups excluding carboxylic acids is 2. The number of nitrogens with one attached hydrogen (secondary N) is 1. The standard InChI is InChI=1S/C15H15BrFN3O4S/c16-9-1-2-12(11(17)7-9)18-15(22)13-3-4-14(21)20(19-13)10-5-6-25(23,24)8-10/h1-2,7,10H,3-6,8H2,(H,18,22)/t10-/m1/s1. The van der Waals surface area contributed by atoms with Gasteiger partial charge in [-0.05, 0) is 24.6 Å². The number of halogens is 2. The Hall–Kier alpha value is -1.81. The fraction of sp³-hybridized carbons (Fsp3) is 0.400. The molecular weight excluding hydrogens is 417 g/mol. The summed E-state index contributed by atoms with van der Waals surface area (Å²) in [5.74, 6) is -1.68. The lowest BCUT2D eigenvalue weighted by Crippen LogP contribution is -2.42. The van der Waals surface area contributed by atoms with E-state index in [-0.39, 0.29) is 41.7 Å². The summed E-state index contributed by atoms with van der Waals surface area (Å²) in [7, 11) is -3.18. The summed E-state index contributed by atoms with van der Waals surface area (Å²) in [6, 6.07) is 3.66. The van der Waals surface area contributed by atoms with Crippen LogP contribution in [-0.2, 0) is 19.4 Å². The van der Waals surface area contributed by atoms with Crippen molar-refractivity contribution in [2.45, 2.75) is 25.3 Å². The Kier molecular flexibility index (Phi) is 4.92. The summed E-state index contributed by atoms with van der Waals surface area (Å²) in [6.45, 7) is 0. The Bertz CT molecular complexity index is 872. The smallest absolute Gasteiger partial charge is 0.271 e. The molecule has 0 spiro atoms. The zero-order chi connectivity index (χ0) is 18.2. The molecule has 2 amide bonds. The normalized spacial score (nSPS) is 22.6. The van der Waals surface area contributed by atoms with Gasteiger partial charge in [0.1, 0.15) is 11.5 Å². The predicted molar refractivity (Wildman–Crippen MR) is 93.3 cm³/mol. The van der Waals surface area contributed by atoms with Crippen molar-refractivity contribution in [2.75, 3.05) is 16.8 Å². The molecule has 1 atom stereocenters. The second-order valence-corrected chi connectivity index (χ2v) is 9.06. The minimum atomic E-state index is -3.18. The van der Waals surface area contributed by atoms with Crippen LogP contribution in [0.2, 0.25) is 0 Å². The van der Waals surface area contributed by atoms with Crippen molar-refractivity contribution in [1.29, 1.82) is 0 Å². The van der Waals surface area contributed by atoms with Crippen LogP contribution in [0.25, 0.3) is 0 Å². The molecule has 0 saturated carbocycles. The topological polar surface area (TPSA) is 95.9 Å². The molecule has 0 bridgehead atoms. The summed E-state index contributed by atoms with van der Waals surface area (Å²) in [4.78, 5) is 24.4. The molecule has 2 heterocycles. The number of amides is 2. The highest BCUT2D eigenvalue weighted by molar-refractivity contribution is 9.10. The Labute approximate surface area is 152 Å². The first-order chi connectivity index (χ1) is 11.7. The van der Waals surface area contributed by atoms with Crippen LogP contribution in [-0.4, -0.2) is 48.5 Å². The molecule has 2 aliphatic rings. The van der Waals surface area contributed by atoms with Crippen molar-refractivity contribution in [3.8, 4) is 0 Å². The summed E-state index contributed by atoms with van der Waals surface area (Å²) < 4.78 is 37.6. The van der Waals surface area contributed by atoms with Gasteiger partial charge in [-0.3, -0.25) is 9.59 Å². The maximum absolute atomic E-state index is 13.8. The summed E-state index contributed by atoms with van der Waals surface area (Å²) in [5, 5.41) is 7.57. The number of hydrogen-bond acceptors (Lipinski definition) is 5. The molecular formula is C15H15BrFN3O4S. The molecule has 0 aromatic heterocycles. The number of anilines is 1. The van der Waals surface area contributed by atoms with Gasteiger partial charge in [0.15, 0.2) is 9.84 Å². The Morgan fingerprint density at radius 2 is 2.12 bits per heavy atom. The average Bonchev–Trinajstić information content (AvgIpc) is 2.90. The quantitative estimate of drug-likeness (QED) is 0.787. The molecule has 2 aliphatic heterocycles. The van der Waals surface area contributed by atoms with Gasteiger partial charge in [-0.15, -0.1) is 0 Å². The van der Waals surface area contributed by atoms with Crippen LogP contribution in [0.15, 0.2) is 27.8 Å². The summed E-state index contributed by atoms with van der Waals surface area (Å²) >= 11 is 3.13. The molecule has 0 radical (unpaired) electrons. The average molecular weight is 432 g/mol. The highest BCUT2D eigenvalue weighted by atomic mass is 79.9. The van der Waals surface area contributed by atoms with Gasteiger partial charge in [-0.1, -0.05) is 15.9 Å². The largest absolute Gasteiger partial charge is 0.318 e. The van der Waals surface area contributed by atoms with E-state index in [1.165, 1.54) is 12.1 Å². The zero-order valence-electron chi connectivity index (χ0n) is 13.0. The van der Waals surface area contributed by atoms with Crippen molar-refractivity contribution >= 4 is 49.0 Å². The van der Waals surface area contributed by atoms with E-state index in [0.29, 0.717) is 10.9 Å². The van der Waals surface area contributed by atoms with E-state index in [9.17, 15) is 22.4 Å². The lowest BCUT2D eigenvalue weighted by molar-refractivity contribution is -0.133. The van der Waals surface area contributed by atoms with Crippen molar-refractivity contribution in [1.82, 2.24) is 5.01 Å². The van der Waals surface area contributed by atoms with Crippen LogP contribution in [0.4, 0.5) is 10.1 Å². The fourth-order valence-electron chi connectivity index (χ4n) is 2.77. The SMILES string of the molecule is O=C(Nc1ccc(Br)cc1F)C1=NN([C@@H]2CCS(=O)(=O)C2)C(=O)CC1. The molecule has 7 nitrogen and oxygen atoms in total. The van der Waals surface area contributed by atoms with Crippen LogP contribution in [0, 0.1) is 5.82 Å². The van der Waals surface area contributed by atoms with Crippen molar-refractivity contribution in [2.24, 2.45) is 5.10 Å². The lowest BCUT2D eigenvalue weighted by Gasteiger charge is -2.27. The van der Waals surface area contributed by atoms with Crippen LogP contribution in [0.3, 0.4) is 0 Å². The van der Waals surface area contributed by atoms with Gasteiger partial charge < -0.3 is 5.32 Å². The van der Waals surface area contributed by atoms with Gasteiger partial charge in [0.25, 0.3) is 5.91 Å². The van der Waals surface area contributed by atoms with Crippen LogP contribution in [0.1, 0.15) is 19.3 Å². The van der Waals surface area contributed by atoms with Gasteiger partial charge in [-0.25, -0.2) is 17.8 Å². The molecule has 0 unspecified atom stereocenters. The number of hydrazone groups is 1. The van der Waals surface area contributed by atoms with Gasteiger partial charge in [0, 0.05) is 17.3 Å². The molecule has 1 saturated heterocycles. The minimum absolute atomic E-state index is 0.00258. The van der Waals surface area contributed by atoms with Crippen LogP contribution >= 0.6 is 15.9 Å². The van der Waals surface area contributed by atoms with E-state index in [2.05, 4.69) is 26.3 Å². The Balaban J connectivity index is 1.77. The number of carbonyl (C=O) groups is 2. The Morgan fingerprint density at radius 1 is 1.36 bits per heavy atom. The molecule has 0 aliphatic carbocycles. The number of hydrogen-bond donors (Lipinski definition) is 1. The van der Waals surface area contributed by atoms with Crippen molar-refractivity contribution in [3.63, 3.8) is 0 Å². The summed E-state index contributed by atoms with van der Waals surface area (Å²) in [5.41, 5.74) is 0.0778. The first-order valence-corrected chi connectivity index (χ1v) is 10.2. The molecule has 1 N–H and O–H groups in total. The van der Waals surface area contributed by atoms with E-state index in [4.69, 9.17) is 0 Å². The summed E-state index contributed by atoms with van der Waals surface area (Å²) in [6.07, 6.45) is 0.484. The second-order valence-electron chi connectivity index (χ2n) is 5.92. The molecule has 3 rings (SSSR count). The number of nitrogens with zero attached hydrogens (tertiary/aromatic N) is 2. The molecule has 134 valence electrons. The highest BCUT2D eigenvalue weighted by Crippen LogP contribution is 2.23. The van der Waals surface area contributed by atoms with E-state index >= 15 is 0 Å². The van der Waals surface area contributed by atoms with Crippen molar-refractivity contribution < 1.29 is 22.4 Å². The minimum Gasteiger partial charge on any atom is -0.318 e. The second kappa shape index (κ2) is 6.83. The fourth-order valence-corrected chi connectivity index (χ4v) is 4.80. The molecule has 1 fully saturated rings. The van der Waals surface area contributed by atoms with Gasteiger partial charge in [0.2, 0.25) is 5.91 Å². The van der Waals surface area contributed by atoms with E-state index in [1.54, 1.807) is 6.07 Å². The molecule has 25 heavy (non-hydrogen) atoms. The molecule has 1 aromatic rings. The highest BCUT2D eigenvalue weighted by Gasteiger charge is 2.37. The van der Waals surface area contributed by atoms with Gasteiger partial charge in [0.05, 0.1) is 23.2 Å². The number of benzene rings is 1. The molecule has 10 heteroatoms. The third-order valence-electron chi connectivity index (χ3n) is 4.06. The third kappa shape index (κ3) is 4.06. The predicted octanol–water partition coefficient (Wildman–Crippen LogP) is 1.69. The first kappa shape index (κ1) is 18.0. The van der Waals surface area contributed by atoms with E-state index in [1.807, 2.05) is 0 Å². The van der Waals surface area contributed by atoms with Crippen molar-refractivity contribution in [3.05, 3.63) is 28.5 Å². The van der Waals surface area contributed by atoms with Crippen LogP contribution < -0.4 is 5.32 Å². The van der Waals surface area contributed by atoms with E-state index < -0.39 is 27.6 Å². The monoisotopic (exact) mass is 431 g/mol. The van der Waals surface area contributed by atoms with Gasteiger partial charge in [-0.2, -0.15) is 5.10 Å². The lowest BCUT2D eigenvalue weighted by atomic mass is 10.1. The third-order valence-corrected chi connectivity index (χ3v) is 6.30. The maximum atomic E-state index is 13.8. The number of sulfone groups is 1.